The van der Waals surface area contributed by atoms with Crippen molar-refractivity contribution in [2.24, 2.45) is 5.10 Å². The van der Waals surface area contributed by atoms with Crippen molar-refractivity contribution in [3.8, 4) is 0 Å². The average molecular weight is 390 g/mol. The molecule has 1 amide bonds. The van der Waals surface area contributed by atoms with Crippen LogP contribution in [0, 0.1) is 17.0 Å². The number of aryl methyl sites for hydroxylation is 1. The molecular weight excluding hydrogens is 372 g/mol. The van der Waals surface area contributed by atoms with E-state index in [9.17, 15) is 19.7 Å². The van der Waals surface area contributed by atoms with E-state index in [1.165, 1.54) is 41.1 Å². The van der Waals surface area contributed by atoms with E-state index in [0.717, 1.165) is 11.1 Å². The number of amides is 1. The van der Waals surface area contributed by atoms with E-state index in [1.807, 2.05) is 31.2 Å². The molecule has 3 rings (SSSR count). The van der Waals surface area contributed by atoms with Crippen molar-refractivity contribution in [3.63, 3.8) is 0 Å². The van der Waals surface area contributed by atoms with Crippen molar-refractivity contribution in [3.05, 3.63) is 110 Å². The average Bonchev–Trinajstić information content (AvgIpc) is 2.71. The molecule has 0 saturated carbocycles. The summed E-state index contributed by atoms with van der Waals surface area (Å²) in [6, 6.07) is 16.5. The number of nitro groups is 1. The number of hydrogen-bond donors (Lipinski definition) is 1. The Morgan fingerprint density at radius 2 is 1.83 bits per heavy atom. The number of carbonyl (C=O) groups excluding carboxylic acids is 1. The van der Waals surface area contributed by atoms with Gasteiger partial charge in [-0.15, -0.1) is 0 Å². The number of pyridine rings is 1. The third-order valence-corrected chi connectivity index (χ3v) is 4.22. The normalized spacial score (nSPS) is 10.8. The van der Waals surface area contributed by atoms with Crippen molar-refractivity contribution < 1.29 is 9.72 Å². The van der Waals surface area contributed by atoms with E-state index in [1.54, 1.807) is 12.3 Å². The lowest BCUT2D eigenvalue weighted by Gasteiger charge is -2.08. The fraction of sp³-hybridized carbons (Fsp3) is 0.0952. The molecule has 146 valence electrons. The number of hydrogen-bond acceptors (Lipinski definition) is 5. The van der Waals surface area contributed by atoms with Gasteiger partial charge < -0.3 is 4.57 Å². The zero-order valence-electron chi connectivity index (χ0n) is 15.6. The van der Waals surface area contributed by atoms with Crippen molar-refractivity contribution >= 4 is 17.8 Å². The van der Waals surface area contributed by atoms with Crippen molar-refractivity contribution in [2.75, 3.05) is 0 Å². The standard InChI is InChI=1S/C21H18N4O4/c1-15-4-6-17(7-5-15)14-24-12-2-3-19(21(24)27)20(26)23-22-13-16-8-10-18(11-9-16)25(28)29/h2-13H,14H2,1H3,(H,23,26)/b22-13-. The number of hydrazone groups is 1. The molecule has 0 saturated heterocycles. The highest BCUT2D eigenvalue weighted by Gasteiger charge is 2.11. The smallest absolute Gasteiger partial charge is 0.276 e. The summed E-state index contributed by atoms with van der Waals surface area (Å²) in [5.41, 5.74) is 4.47. The van der Waals surface area contributed by atoms with Crippen LogP contribution in [0.3, 0.4) is 0 Å². The van der Waals surface area contributed by atoms with Crippen LogP contribution in [0.1, 0.15) is 27.0 Å². The summed E-state index contributed by atoms with van der Waals surface area (Å²) < 4.78 is 1.46. The van der Waals surface area contributed by atoms with Crippen molar-refractivity contribution in [1.82, 2.24) is 9.99 Å². The Balaban J connectivity index is 1.69. The molecule has 0 aliphatic carbocycles. The molecule has 0 aliphatic heterocycles. The van der Waals surface area contributed by atoms with Gasteiger partial charge in [0.2, 0.25) is 0 Å². The largest absolute Gasteiger partial charge is 0.310 e. The molecule has 1 N–H and O–H groups in total. The molecule has 0 atom stereocenters. The van der Waals surface area contributed by atoms with E-state index >= 15 is 0 Å². The van der Waals surface area contributed by atoms with Crippen molar-refractivity contribution in [2.45, 2.75) is 13.5 Å². The second-order valence-electron chi connectivity index (χ2n) is 6.39. The number of non-ortho nitro benzene ring substituents is 1. The molecular formula is C21H18N4O4. The van der Waals surface area contributed by atoms with Crippen LogP contribution in [-0.2, 0) is 6.54 Å². The lowest BCUT2D eigenvalue weighted by atomic mass is 10.1. The third kappa shape index (κ3) is 5.01. The molecule has 2 aromatic carbocycles. The molecule has 8 heteroatoms. The molecule has 0 fully saturated rings. The van der Waals surface area contributed by atoms with Crippen LogP contribution in [0.5, 0.6) is 0 Å². The minimum Gasteiger partial charge on any atom is -0.310 e. The summed E-state index contributed by atoms with van der Waals surface area (Å²) in [6.45, 7) is 2.34. The first-order valence-electron chi connectivity index (χ1n) is 8.77. The third-order valence-electron chi connectivity index (χ3n) is 4.22. The molecule has 3 aromatic rings. The molecule has 0 radical (unpaired) electrons. The number of benzene rings is 2. The summed E-state index contributed by atoms with van der Waals surface area (Å²) in [7, 11) is 0. The van der Waals surface area contributed by atoms with E-state index in [-0.39, 0.29) is 11.3 Å². The maximum Gasteiger partial charge on any atom is 0.276 e. The fourth-order valence-electron chi connectivity index (χ4n) is 2.63. The zero-order valence-corrected chi connectivity index (χ0v) is 15.6. The zero-order chi connectivity index (χ0) is 20.8. The van der Waals surface area contributed by atoms with E-state index in [2.05, 4.69) is 10.5 Å². The number of rotatable bonds is 6. The van der Waals surface area contributed by atoms with E-state index in [4.69, 9.17) is 0 Å². The second-order valence-corrected chi connectivity index (χ2v) is 6.39. The number of carbonyl (C=O) groups is 1. The summed E-state index contributed by atoms with van der Waals surface area (Å²) >= 11 is 0. The SMILES string of the molecule is Cc1ccc(Cn2cccc(C(=O)N/N=C\c3ccc([N+](=O)[O-])cc3)c2=O)cc1. The van der Waals surface area contributed by atoms with Gasteiger partial charge in [0.25, 0.3) is 17.2 Å². The molecule has 0 bridgehead atoms. The highest BCUT2D eigenvalue weighted by atomic mass is 16.6. The molecule has 0 spiro atoms. The van der Waals surface area contributed by atoms with Gasteiger partial charge in [0.1, 0.15) is 5.56 Å². The van der Waals surface area contributed by atoms with Gasteiger partial charge in [-0.2, -0.15) is 5.10 Å². The van der Waals surface area contributed by atoms with Crippen LogP contribution in [0.25, 0.3) is 0 Å². The van der Waals surface area contributed by atoms with Gasteiger partial charge in [-0.1, -0.05) is 29.8 Å². The fourth-order valence-corrected chi connectivity index (χ4v) is 2.63. The molecule has 1 heterocycles. The summed E-state index contributed by atoms with van der Waals surface area (Å²) in [5, 5.41) is 14.5. The molecule has 29 heavy (non-hydrogen) atoms. The van der Waals surface area contributed by atoms with Gasteiger partial charge in [-0.3, -0.25) is 19.7 Å². The topological polar surface area (TPSA) is 107 Å². The Bertz CT molecular complexity index is 1120. The molecule has 0 unspecified atom stereocenters. The maximum absolute atomic E-state index is 12.6. The number of nitrogens with zero attached hydrogens (tertiary/aromatic N) is 3. The lowest BCUT2D eigenvalue weighted by molar-refractivity contribution is -0.384. The summed E-state index contributed by atoms with van der Waals surface area (Å²) in [4.78, 5) is 35.1. The van der Waals surface area contributed by atoms with Crippen LogP contribution in [0.15, 0.2) is 76.8 Å². The number of nitrogens with one attached hydrogen (secondary N) is 1. The van der Waals surface area contributed by atoms with Gasteiger partial charge >= 0.3 is 0 Å². The Kier molecular flexibility index (Phi) is 5.94. The molecule has 8 nitrogen and oxygen atoms in total. The maximum atomic E-state index is 12.6. The Morgan fingerprint density at radius 3 is 2.48 bits per heavy atom. The minimum absolute atomic E-state index is 0.0274. The molecule has 0 aliphatic rings. The Morgan fingerprint density at radius 1 is 1.14 bits per heavy atom. The minimum atomic E-state index is -0.633. The quantitative estimate of drug-likeness (QED) is 0.397. The van der Waals surface area contributed by atoms with Crippen LogP contribution < -0.4 is 11.0 Å². The highest BCUT2D eigenvalue weighted by Crippen LogP contribution is 2.10. The van der Waals surface area contributed by atoms with Gasteiger partial charge in [0.05, 0.1) is 17.7 Å². The van der Waals surface area contributed by atoms with E-state index < -0.39 is 16.4 Å². The van der Waals surface area contributed by atoms with E-state index in [0.29, 0.717) is 12.1 Å². The predicted molar refractivity (Wildman–Crippen MR) is 109 cm³/mol. The van der Waals surface area contributed by atoms with Gasteiger partial charge in [0, 0.05) is 18.3 Å². The van der Waals surface area contributed by atoms with Crippen LogP contribution in [0.4, 0.5) is 5.69 Å². The van der Waals surface area contributed by atoms with Gasteiger partial charge in [-0.25, -0.2) is 5.43 Å². The first-order chi connectivity index (χ1) is 13.9. The first kappa shape index (κ1) is 19.7. The summed E-state index contributed by atoms with van der Waals surface area (Å²) in [5.74, 6) is -0.633. The monoisotopic (exact) mass is 390 g/mol. The summed E-state index contributed by atoms with van der Waals surface area (Å²) in [6.07, 6.45) is 2.97. The molecule has 1 aromatic heterocycles. The van der Waals surface area contributed by atoms with Crippen molar-refractivity contribution in [1.29, 1.82) is 0 Å². The lowest BCUT2D eigenvalue weighted by Crippen LogP contribution is -2.30. The number of aromatic nitrogens is 1. The first-order valence-corrected chi connectivity index (χ1v) is 8.77. The van der Waals surface area contributed by atoms with Crippen LogP contribution in [-0.4, -0.2) is 21.6 Å². The van der Waals surface area contributed by atoms with Crippen LogP contribution in [0.2, 0.25) is 0 Å². The Hall–Kier alpha value is -4.07. The highest BCUT2D eigenvalue weighted by molar-refractivity contribution is 5.94. The number of nitro benzene ring substituents is 1. The second kappa shape index (κ2) is 8.75. The van der Waals surface area contributed by atoms with Gasteiger partial charge in [-0.05, 0) is 42.3 Å². The van der Waals surface area contributed by atoms with Gasteiger partial charge in [0.15, 0.2) is 0 Å². The predicted octanol–water partition coefficient (Wildman–Crippen LogP) is 2.88. The Labute approximate surface area is 166 Å². The van der Waals surface area contributed by atoms with Crippen LogP contribution >= 0.6 is 0 Å².